The largest absolute Gasteiger partial charge is 0.458 e. The van der Waals surface area contributed by atoms with Crippen LogP contribution in [0.15, 0.2) is 249 Å². The number of hydrogen-bond donors (Lipinski definition) is 0. The summed E-state index contributed by atoms with van der Waals surface area (Å²) in [7, 11) is 0. The maximum Gasteiger partial charge on any atom is 0.256 e. The van der Waals surface area contributed by atoms with E-state index in [1.165, 1.54) is 93.8 Å². The van der Waals surface area contributed by atoms with Crippen LogP contribution < -0.4 is 26.0 Å². The Morgan fingerprint density at radius 3 is 1.47 bits per heavy atom. The minimum absolute atomic E-state index is 0.114. The van der Waals surface area contributed by atoms with Crippen LogP contribution in [0, 0.1) is 0 Å². The van der Waals surface area contributed by atoms with Crippen molar-refractivity contribution in [3.63, 3.8) is 0 Å². The lowest BCUT2D eigenvalue weighted by atomic mass is 9.34. The van der Waals surface area contributed by atoms with Crippen molar-refractivity contribution in [1.29, 1.82) is 0 Å². The van der Waals surface area contributed by atoms with Crippen LogP contribution >= 0.6 is 0 Å². The van der Waals surface area contributed by atoms with Crippen LogP contribution in [-0.2, 0) is 11.8 Å². The SMILES string of the molecule is CCCCc1cc2c3c(c1)N(c1c(-c4ccc(-c5ccccc5)cc4)cc(C(C)(C)C)cc1-c1ccc(-c4ccccc4)cc1)c1cc(-n4c5ccccc5c5ccccc54)ccc1B3c1cc(-c3ccccc3)ccc1O2. The molecule has 0 fully saturated rings. The Morgan fingerprint density at radius 2 is 0.923 bits per heavy atom. The number of unbranched alkanes of at least 4 members (excludes halogenated alkanes) is 1. The van der Waals surface area contributed by atoms with E-state index < -0.39 is 0 Å². The van der Waals surface area contributed by atoms with Crippen molar-refractivity contribution in [2.45, 2.75) is 52.4 Å². The Kier molecular flexibility index (Phi) is 11.6. The van der Waals surface area contributed by atoms with Gasteiger partial charge in [0.2, 0.25) is 0 Å². The van der Waals surface area contributed by atoms with Crippen LogP contribution in [0.5, 0.6) is 11.5 Å². The molecule has 2 aliphatic heterocycles. The number of ether oxygens (including phenoxy) is 1. The highest BCUT2D eigenvalue weighted by Crippen LogP contribution is 2.52. The van der Waals surface area contributed by atoms with Gasteiger partial charge in [0, 0.05) is 39.0 Å². The second kappa shape index (κ2) is 19.2. The monoisotopic (exact) mass is 1000 g/mol. The standard InChI is InChI=1S/C74H59BN2O/c1-5-6-20-49-43-69-72-71(44-49)78-70-42-39-57(52-25-14-9-15-26-52)45-65(70)75(72)64-41-40-59(76-66-29-18-16-27-60(66)61-28-17-19-30-67(61)76)48-68(64)77(69)73-62(55-35-31-53(32-36-55)50-21-10-7-11-22-50)46-58(74(2,3)4)47-63(73)56-37-33-54(34-38-56)51-23-12-8-13-24-51/h7-19,21-48H,5-6,20H2,1-4H3. The maximum absolute atomic E-state index is 7.29. The molecule has 12 aromatic rings. The smallest absolute Gasteiger partial charge is 0.256 e. The van der Waals surface area contributed by atoms with Crippen molar-refractivity contribution in [3.05, 3.63) is 260 Å². The number of rotatable bonds is 10. The van der Waals surface area contributed by atoms with Crippen LogP contribution in [-0.4, -0.2) is 11.3 Å². The molecular weight excluding hydrogens is 944 g/mol. The van der Waals surface area contributed by atoms with E-state index in [2.05, 4.69) is 286 Å². The number of fused-ring (bicyclic) bond motifs is 7. The Hall–Kier alpha value is -9.12. The van der Waals surface area contributed by atoms with E-state index in [0.717, 1.165) is 64.6 Å². The van der Waals surface area contributed by atoms with Crippen molar-refractivity contribution in [2.75, 3.05) is 4.90 Å². The number of hydrogen-bond acceptors (Lipinski definition) is 2. The Balaban J connectivity index is 1.10. The first-order valence-electron chi connectivity index (χ1n) is 27.7. The summed E-state index contributed by atoms with van der Waals surface area (Å²) in [6, 6.07) is 92.5. The molecule has 3 nitrogen and oxygen atoms in total. The molecule has 0 saturated carbocycles. The summed E-state index contributed by atoms with van der Waals surface area (Å²) >= 11 is 0. The molecule has 1 aromatic heterocycles. The molecule has 374 valence electrons. The Bertz CT molecular complexity index is 4070. The molecule has 0 aliphatic carbocycles. The number of nitrogens with zero attached hydrogens (tertiary/aromatic N) is 2. The van der Waals surface area contributed by atoms with Gasteiger partial charge < -0.3 is 14.2 Å². The van der Waals surface area contributed by atoms with E-state index in [1.54, 1.807) is 0 Å². The molecule has 0 N–H and O–H groups in total. The summed E-state index contributed by atoms with van der Waals surface area (Å²) in [6.07, 6.45) is 3.11. The molecule has 0 bridgehead atoms. The average Bonchev–Trinajstić information content (AvgIpc) is 3.91. The third-order valence-electron chi connectivity index (χ3n) is 16.4. The fourth-order valence-corrected chi connectivity index (χ4v) is 12.4. The van der Waals surface area contributed by atoms with Crippen molar-refractivity contribution < 1.29 is 4.74 Å². The van der Waals surface area contributed by atoms with Crippen molar-refractivity contribution in [3.8, 4) is 72.8 Å². The summed E-state index contributed by atoms with van der Waals surface area (Å²) in [5, 5.41) is 2.48. The highest BCUT2D eigenvalue weighted by atomic mass is 16.5. The maximum atomic E-state index is 7.29. The fraction of sp³-hybridized carbons (Fsp3) is 0.108. The van der Waals surface area contributed by atoms with Gasteiger partial charge in [0.1, 0.15) is 11.5 Å². The number of anilines is 3. The third kappa shape index (κ3) is 8.14. The second-order valence-electron chi connectivity index (χ2n) is 22.3. The number of benzene rings is 11. The van der Waals surface area contributed by atoms with Crippen LogP contribution in [0.1, 0.15) is 51.7 Å². The molecule has 0 spiro atoms. The lowest BCUT2D eigenvalue weighted by Crippen LogP contribution is -2.59. The highest BCUT2D eigenvalue weighted by Gasteiger charge is 2.44. The zero-order chi connectivity index (χ0) is 52.5. The quantitative estimate of drug-likeness (QED) is 0.127. The van der Waals surface area contributed by atoms with Gasteiger partial charge in [-0.15, -0.1) is 0 Å². The summed E-state index contributed by atoms with van der Waals surface area (Å²) in [5.41, 5.74) is 24.7. The van der Waals surface area contributed by atoms with E-state index in [1.807, 2.05) is 0 Å². The predicted octanol–water partition coefficient (Wildman–Crippen LogP) is 18.2. The molecule has 0 saturated heterocycles. The van der Waals surface area contributed by atoms with Gasteiger partial charge in [0.15, 0.2) is 0 Å². The minimum Gasteiger partial charge on any atom is -0.458 e. The number of aromatic nitrogens is 1. The predicted molar refractivity (Wildman–Crippen MR) is 331 cm³/mol. The van der Waals surface area contributed by atoms with Crippen molar-refractivity contribution in [1.82, 2.24) is 4.57 Å². The minimum atomic E-state index is -0.169. The molecule has 11 aromatic carbocycles. The first-order valence-corrected chi connectivity index (χ1v) is 27.7. The third-order valence-corrected chi connectivity index (χ3v) is 16.4. The molecule has 0 amide bonds. The molecule has 0 radical (unpaired) electrons. The van der Waals surface area contributed by atoms with Crippen LogP contribution in [0.4, 0.5) is 17.1 Å². The summed E-state index contributed by atoms with van der Waals surface area (Å²) in [6.45, 7) is 9.21. The normalized spacial score (nSPS) is 12.6. The van der Waals surface area contributed by atoms with E-state index >= 15 is 0 Å². The molecule has 0 atom stereocenters. The molecule has 4 heteroatoms. The lowest BCUT2D eigenvalue weighted by molar-refractivity contribution is 0.486. The van der Waals surface area contributed by atoms with Gasteiger partial charge in [-0.3, -0.25) is 0 Å². The molecule has 14 rings (SSSR count). The van der Waals surface area contributed by atoms with E-state index in [0.29, 0.717) is 0 Å². The van der Waals surface area contributed by atoms with Crippen molar-refractivity contribution >= 4 is 62.0 Å². The van der Waals surface area contributed by atoms with E-state index in [-0.39, 0.29) is 12.1 Å². The van der Waals surface area contributed by atoms with Gasteiger partial charge in [0.25, 0.3) is 6.71 Å². The summed E-state index contributed by atoms with van der Waals surface area (Å²) < 4.78 is 9.76. The molecule has 3 heterocycles. The van der Waals surface area contributed by atoms with Crippen LogP contribution in [0.25, 0.3) is 83.1 Å². The Morgan fingerprint density at radius 1 is 0.423 bits per heavy atom. The molecular formula is C74H59BN2O. The summed E-state index contributed by atoms with van der Waals surface area (Å²) in [5.74, 6) is 1.84. The zero-order valence-corrected chi connectivity index (χ0v) is 44.7. The van der Waals surface area contributed by atoms with Crippen LogP contribution in [0.3, 0.4) is 0 Å². The number of para-hydroxylation sites is 2. The topological polar surface area (TPSA) is 17.4 Å². The van der Waals surface area contributed by atoms with Gasteiger partial charge >= 0.3 is 0 Å². The van der Waals surface area contributed by atoms with Crippen LogP contribution in [0.2, 0.25) is 0 Å². The molecule has 0 unspecified atom stereocenters. The highest BCUT2D eigenvalue weighted by molar-refractivity contribution is 6.99. The first-order chi connectivity index (χ1) is 38.3. The number of aryl methyl sites for hydroxylation is 1. The van der Waals surface area contributed by atoms with Gasteiger partial charge in [-0.05, 0) is 145 Å². The Labute approximate surface area is 458 Å². The summed E-state index contributed by atoms with van der Waals surface area (Å²) in [4.78, 5) is 2.65. The first kappa shape index (κ1) is 47.3. The van der Waals surface area contributed by atoms with Gasteiger partial charge in [-0.2, -0.15) is 0 Å². The van der Waals surface area contributed by atoms with E-state index in [4.69, 9.17) is 4.74 Å². The van der Waals surface area contributed by atoms with Gasteiger partial charge in [-0.25, -0.2) is 0 Å². The van der Waals surface area contributed by atoms with Crippen molar-refractivity contribution in [2.24, 2.45) is 0 Å². The second-order valence-corrected chi connectivity index (χ2v) is 22.3. The molecule has 78 heavy (non-hydrogen) atoms. The average molecular weight is 1000 g/mol. The lowest BCUT2D eigenvalue weighted by Gasteiger charge is -2.42. The van der Waals surface area contributed by atoms with E-state index in [9.17, 15) is 0 Å². The van der Waals surface area contributed by atoms with Gasteiger partial charge in [-0.1, -0.05) is 228 Å². The zero-order valence-electron chi connectivity index (χ0n) is 44.7. The van der Waals surface area contributed by atoms with Gasteiger partial charge in [0.05, 0.1) is 16.7 Å². The molecule has 2 aliphatic rings. The fourth-order valence-electron chi connectivity index (χ4n) is 12.4.